The number of ether oxygens (including phenoxy) is 1. The van der Waals surface area contributed by atoms with Crippen molar-refractivity contribution in [2.45, 2.75) is 26.4 Å². The highest BCUT2D eigenvalue weighted by Crippen LogP contribution is 2.11. The van der Waals surface area contributed by atoms with Crippen LogP contribution in [0.15, 0.2) is 47.7 Å². The number of guanidine groups is 1. The summed E-state index contributed by atoms with van der Waals surface area (Å²) in [6.45, 7) is 7.05. The van der Waals surface area contributed by atoms with Crippen molar-refractivity contribution in [2.75, 3.05) is 52.3 Å². The van der Waals surface area contributed by atoms with Crippen molar-refractivity contribution in [3.05, 3.63) is 48.3 Å². The number of rotatable bonds is 13. The van der Waals surface area contributed by atoms with Crippen LogP contribution in [-0.2, 0) is 22.6 Å². The molecule has 0 spiro atoms. The maximum absolute atomic E-state index is 12.2. The fourth-order valence-corrected chi connectivity index (χ4v) is 2.96. The third-order valence-corrected chi connectivity index (χ3v) is 4.51. The molecule has 0 aliphatic heterocycles. The van der Waals surface area contributed by atoms with E-state index in [9.17, 15) is 4.79 Å². The first-order valence-corrected chi connectivity index (χ1v) is 10.7. The number of methoxy groups -OCH3 is 1. The average Bonchev–Trinajstić information content (AvgIpc) is 3.25. The molecule has 0 bridgehead atoms. The second-order valence-corrected chi connectivity index (χ2v) is 7.22. The lowest BCUT2D eigenvalue weighted by Gasteiger charge is -2.18. The fraction of sp³-hybridized carbons (Fsp3) is 0.500. The van der Waals surface area contributed by atoms with Crippen LogP contribution in [0.5, 0.6) is 0 Å². The van der Waals surface area contributed by atoms with Crippen LogP contribution < -0.4 is 16.0 Å². The number of carbonyl (C=O) groups is 1. The van der Waals surface area contributed by atoms with Crippen molar-refractivity contribution in [2.24, 2.45) is 4.99 Å². The Hall–Kier alpha value is -2.18. The van der Waals surface area contributed by atoms with Gasteiger partial charge in [-0.3, -0.25) is 9.48 Å². The number of amides is 1. The zero-order chi connectivity index (χ0) is 22.3. The fourth-order valence-electron chi connectivity index (χ4n) is 2.96. The zero-order valence-corrected chi connectivity index (χ0v) is 21.5. The molecule has 0 radical (unpaired) electrons. The smallest absolute Gasteiger partial charge is 0.246 e. The van der Waals surface area contributed by atoms with Gasteiger partial charge in [0.2, 0.25) is 5.91 Å². The molecule has 3 N–H and O–H groups in total. The Morgan fingerprint density at radius 1 is 1.25 bits per heavy atom. The van der Waals surface area contributed by atoms with Gasteiger partial charge in [0.25, 0.3) is 0 Å². The lowest BCUT2D eigenvalue weighted by Crippen LogP contribution is -2.41. The number of carbonyl (C=O) groups excluding carboxylic acids is 1. The monoisotopic (exact) mass is 557 g/mol. The topological polar surface area (TPSA) is 95.8 Å². The van der Waals surface area contributed by atoms with Crippen molar-refractivity contribution in [3.8, 4) is 0 Å². The van der Waals surface area contributed by atoms with Gasteiger partial charge < -0.3 is 25.6 Å². The van der Waals surface area contributed by atoms with Gasteiger partial charge in [-0.2, -0.15) is 5.10 Å². The van der Waals surface area contributed by atoms with Gasteiger partial charge in [-0.05, 0) is 44.2 Å². The Morgan fingerprint density at radius 2 is 2.09 bits per heavy atom. The molecule has 1 aromatic carbocycles. The summed E-state index contributed by atoms with van der Waals surface area (Å²) in [5.41, 5.74) is 1.77. The van der Waals surface area contributed by atoms with Crippen molar-refractivity contribution >= 4 is 41.5 Å². The second kappa shape index (κ2) is 16.5. The number of likely N-dealkylation sites (N-methyl/N-ethyl adjacent to an activating group) is 1. The van der Waals surface area contributed by atoms with E-state index in [4.69, 9.17) is 4.74 Å². The molecular formula is C22H36IN7O2. The molecule has 178 valence electrons. The van der Waals surface area contributed by atoms with E-state index >= 15 is 0 Å². The van der Waals surface area contributed by atoms with Crippen LogP contribution in [0.1, 0.15) is 18.9 Å². The number of hydrogen-bond acceptors (Lipinski definition) is 5. The molecule has 0 atom stereocenters. The zero-order valence-electron chi connectivity index (χ0n) is 19.2. The van der Waals surface area contributed by atoms with Gasteiger partial charge >= 0.3 is 0 Å². The van der Waals surface area contributed by atoms with Crippen LogP contribution in [-0.4, -0.2) is 73.5 Å². The predicted octanol–water partition coefficient (Wildman–Crippen LogP) is 2.16. The lowest BCUT2D eigenvalue weighted by molar-refractivity contribution is -0.116. The standard InChI is InChI=1S/C22H35N7O2.HI/c1-4-23-22(24-11-14-28(2)12-7-15-31-3)25-17-19-8-5-9-20(16-19)27-21(30)18-29-13-6-10-26-29;/h5-6,8-10,13,16H,4,7,11-12,14-15,17-18H2,1-3H3,(H,27,30)(H2,23,24,25);1H. The molecule has 32 heavy (non-hydrogen) atoms. The van der Waals surface area contributed by atoms with E-state index in [1.165, 1.54) is 0 Å². The highest BCUT2D eigenvalue weighted by molar-refractivity contribution is 14.0. The molecule has 0 saturated heterocycles. The molecular weight excluding hydrogens is 521 g/mol. The predicted molar refractivity (Wildman–Crippen MR) is 140 cm³/mol. The van der Waals surface area contributed by atoms with Crippen LogP contribution in [0, 0.1) is 0 Å². The SMILES string of the molecule is CCNC(=NCc1cccc(NC(=O)Cn2cccn2)c1)NCCN(C)CCCOC.I. The number of benzene rings is 1. The summed E-state index contributed by atoms with van der Waals surface area (Å²) >= 11 is 0. The maximum atomic E-state index is 12.2. The van der Waals surface area contributed by atoms with E-state index < -0.39 is 0 Å². The molecule has 9 nitrogen and oxygen atoms in total. The first kappa shape index (κ1) is 27.9. The van der Waals surface area contributed by atoms with Crippen LogP contribution >= 0.6 is 24.0 Å². The Labute approximate surface area is 208 Å². The van der Waals surface area contributed by atoms with Gasteiger partial charge in [0.05, 0.1) is 6.54 Å². The van der Waals surface area contributed by atoms with Crippen molar-refractivity contribution in [3.63, 3.8) is 0 Å². The molecule has 0 saturated carbocycles. The Kier molecular flexibility index (Phi) is 14.3. The van der Waals surface area contributed by atoms with E-state index in [2.05, 4.69) is 38.0 Å². The van der Waals surface area contributed by atoms with Crippen molar-refractivity contribution in [1.82, 2.24) is 25.3 Å². The number of nitrogens with zero attached hydrogens (tertiary/aromatic N) is 4. The third-order valence-electron chi connectivity index (χ3n) is 4.51. The molecule has 0 aliphatic carbocycles. The van der Waals surface area contributed by atoms with Gasteiger partial charge in [-0.25, -0.2) is 4.99 Å². The van der Waals surface area contributed by atoms with Crippen molar-refractivity contribution < 1.29 is 9.53 Å². The van der Waals surface area contributed by atoms with E-state index in [0.717, 1.165) is 56.4 Å². The minimum Gasteiger partial charge on any atom is -0.385 e. The molecule has 2 rings (SSSR count). The number of aromatic nitrogens is 2. The van der Waals surface area contributed by atoms with Gasteiger partial charge in [0, 0.05) is 58.0 Å². The van der Waals surface area contributed by atoms with Crippen LogP contribution in [0.25, 0.3) is 0 Å². The molecule has 0 aliphatic rings. The third kappa shape index (κ3) is 11.4. The molecule has 1 heterocycles. The number of halogens is 1. The summed E-state index contributed by atoms with van der Waals surface area (Å²) in [6.07, 6.45) is 4.44. The van der Waals surface area contributed by atoms with Gasteiger partial charge in [-0.1, -0.05) is 12.1 Å². The van der Waals surface area contributed by atoms with Crippen molar-refractivity contribution in [1.29, 1.82) is 0 Å². The number of hydrogen-bond donors (Lipinski definition) is 3. The quantitative estimate of drug-likeness (QED) is 0.151. The van der Waals surface area contributed by atoms with Crippen LogP contribution in [0.3, 0.4) is 0 Å². The van der Waals surface area contributed by atoms with E-state index in [0.29, 0.717) is 6.54 Å². The Morgan fingerprint density at radius 3 is 2.81 bits per heavy atom. The molecule has 1 amide bonds. The number of nitrogens with one attached hydrogen (secondary N) is 3. The summed E-state index contributed by atoms with van der Waals surface area (Å²) in [6, 6.07) is 9.53. The average molecular weight is 557 g/mol. The molecule has 1 aromatic heterocycles. The van der Waals surface area contributed by atoms with Gasteiger partial charge in [-0.15, -0.1) is 24.0 Å². The minimum atomic E-state index is -0.117. The maximum Gasteiger partial charge on any atom is 0.246 e. The number of anilines is 1. The van der Waals surface area contributed by atoms with E-state index in [1.54, 1.807) is 30.3 Å². The Balaban J connectivity index is 0.00000512. The second-order valence-electron chi connectivity index (χ2n) is 7.22. The summed E-state index contributed by atoms with van der Waals surface area (Å²) in [4.78, 5) is 19.1. The van der Waals surface area contributed by atoms with Gasteiger partial charge in [0.15, 0.2) is 5.96 Å². The summed E-state index contributed by atoms with van der Waals surface area (Å²) in [7, 11) is 3.83. The number of aliphatic imine (C=N–C) groups is 1. The normalized spacial score (nSPS) is 11.2. The largest absolute Gasteiger partial charge is 0.385 e. The molecule has 10 heteroatoms. The highest BCUT2D eigenvalue weighted by atomic mass is 127. The van der Waals surface area contributed by atoms with Gasteiger partial charge in [0.1, 0.15) is 6.54 Å². The first-order valence-electron chi connectivity index (χ1n) is 10.7. The lowest BCUT2D eigenvalue weighted by atomic mass is 10.2. The molecule has 2 aromatic rings. The summed E-state index contributed by atoms with van der Waals surface area (Å²) < 4.78 is 6.69. The summed E-state index contributed by atoms with van der Waals surface area (Å²) in [5, 5.41) is 13.6. The van der Waals surface area contributed by atoms with E-state index in [1.807, 2.05) is 31.2 Å². The van der Waals surface area contributed by atoms with Crippen LogP contribution in [0.4, 0.5) is 5.69 Å². The Bertz CT molecular complexity index is 799. The minimum absolute atomic E-state index is 0. The van der Waals surface area contributed by atoms with E-state index in [-0.39, 0.29) is 36.4 Å². The van der Waals surface area contributed by atoms with Crippen LogP contribution in [0.2, 0.25) is 0 Å². The molecule has 0 unspecified atom stereocenters. The summed E-state index contributed by atoms with van der Waals surface area (Å²) in [5.74, 6) is 0.662. The highest BCUT2D eigenvalue weighted by Gasteiger charge is 2.05. The molecule has 0 fully saturated rings. The first-order chi connectivity index (χ1) is 15.1.